The van der Waals surface area contributed by atoms with E-state index in [0.717, 1.165) is 26.4 Å². The van der Waals surface area contributed by atoms with Crippen LogP contribution in [-0.2, 0) is 9.53 Å². The van der Waals surface area contributed by atoms with E-state index in [1.807, 2.05) is 60.7 Å². The number of esters is 1. The Hall–Kier alpha value is -2.72. The second kappa shape index (κ2) is 6.06. The van der Waals surface area contributed by atoms with Gasteiger partial charge in [-0.15, -0.1) is 0 Å². The van der Waals surface area contributed by atoms with Crippen LogP contribution in [0.2, 0.25) is 0 Å². The minimum atomic E-state index is -0.432. The fourth-order valence-corrected chi connectivity index (χ4v) is 3.01. The molecule has 0 unspecified atom stereocenters. The van der Waals surface area contributed by atoms with Crippen LogP contribution in [0.1, 0.15) is 11.1 Å². The number of hydrogen-bond acceptors (Lipinski definition) is 3. The van der Waals surface area contributed by atoms with Crippen molar-refractivity contribution in [3.8, 4) is 0 Å². The molecule has 1 aliphatic heterocycles. The molecule has 1 aliphatic rings. The number of aliphatic imine (C=N–C) groups is 1. The summed E-state index contributed by atoms with van der Waals surface area (Å²) in [5.74, 6) is -0.105. The SMILES string of the molecule is O=C1OC(c2cccc(Br)c2)=N/C1=C\c1ccc2ccccc2c1. The maximum atomic E-state index is 12.1. The normalized spacial score (nSPS) is 15.6. The number of carbonyl (C=O) groups is 1. The van der Waals surface area contributed by atoms with Crippen molar-refractivity contribution in [2.24, 2.45) is 4.99 Å². The second-order valence-corrected chi connectivity index (χ2v) is 6.37. The van der Waals surface area contributed by atoms with E-state index in [1.165, 1.54) is 0 Å². The number of ether oxygens (including phenoxy) is 1. The highest BCUT2D eigenvalue weighted by molar-refractivity contribution is 9.10. The van der Waals surface area contributed by atoms with Gasteiger partial charge < -0.3 is 4.74 Å². The summed E-state index contributed by atoms with van der Waals surface area (Å²) in [4.78, 5) is 16.4. The molecule has 4 rings (SSSR count). The van der Waals surface area contributed by atoms with E-state index < -0.39 is 5.97 Å². The van der Waals surface area contributed by atoms with Crippen molar-refractivity contribution >= 4 is 44.6 Å². The zero-order chi connectivity index (χ0) is 16.5. The number of fused-ring (bicyclic) bond motifs is 1. The summed E-state index contributed by atoms with van der Waals surface area (Å²) >= 11 is 3.41. The van der Waals surface area contributed by atoms with Crippen molar-refractivity contribution in [1.29, 1.82) is 0 Å². The number of halogens is 1. The van der Waals surface area contributed by atoms with Crippen molar-refractivity contribution < 1.29 is 9.53 Å². The monoisotopic (exact) mass is 377 g/mol. The molecular weight excluding hydrogens is 366 g/mol. The topological polar surface area (TPSA) is 38.7 Å². The molecule has 0 saturated carbocycles. The fraction of sp³-hybridized carbons (Fsp3) is 0. The molecule has 0 saturated heterocycles. The molecule has 0 aliphatic carbocycles. The molecule has 0 amide bonds. The highest BCUT2D eigenvalue weighted by atomic mass is 79.9. The third-order valence-corrected chi connectivity index (χ3v) is 4.26. The molecule has 3 nitrogen and oxygen atoms in total. The summed E-state index contributed by atoms with van der Waals surface area (Å²) in [6.07, 6.45) is 1.75. The molecule has 0 bridgehead atoms. The molecule has 0 spiro atoms. The van der Waals surface area contributed by atoms with Crippen LogP contribution in [-0.4, -0.2) is 11.9 Å². The van der Waals surface area contributed by atoms with Crippen LogP contribution in [0.4, 0.5) is 0 Å². The average molecular weight is 378 g/mol. The highest BCUT2D eigenvalue weighted by Gasteiger charge is 2.24. The van der Waals surface area contributed by atoms with Crippen LogP contribution >= 0.6 is 15.9 Å². The Labute approximate surface area is 147 Å². The minimum Gasteiger partial charge on any atom is -0.402 e. The Morgan fingerprint density at radius 2 is 1.75 bits per heavy atom. The lowest BCUT2D eigenvalue weighted by atomic mass is 10.1. The van der Waals surface area contributed by atoms with Gasteiger partial charge in [0.2, 0.25) is 5.90 Å². The van der Waals surface area contributed by atoms with E-state index in [4.69, 9.17) is 4.74 Å². The van der Waals surface area contributed by atoms with E-state index in [-0.39, 0.29) is 0 Å². The quantitative estimate of drug-likeness (QED) is 0.468. The highest BCUT2D eigenvalue weighted by Crippen LogP contribution is 2.23. The van der Waals surface area contributed by atoms with Crippen LogP contribution < -0.4 is 0 Å². The first-order valence-electron chi connectivity index (χ1n) is 7.46. The lowest BCUT2D eigenvalue weighted by Gasteiger charge is -1.99. The zero-order valence-corrected chi connectivity index (χ0v) is 14.2. The molecule has 4 heteroatoms. The number of carbonyl (C=O) groups excluding carboxylic acids is 1. The van der Waals surface area contributed by atoms with Crippen LogP contribution in [0, 0.1) is 0 Å². The van der Waals surface area contributed by atoms with Crippen LogP contribution in [0.25, 0.3) is 16.8 Å². The van der Waals surface area contributed by atoms with E-state index in [9.17, 15) is 4.79 Å². The molecule has 0 atom stereocenters. The van der Waals surface area contributed by atoms with Gasteiger partial charge in [-0.05, 0) is 46.7 Å². The van der Waals surface area contributed by atoms with Gasteiger partial charge in [-0.25, -0.2) is 9.79 Å². The summed E-state index contributed by atoms with van der Waals surface area (Å²) in [5.41, 5.74) is 1.99. The van der Waals surface area contributed by atoms with Crippen molar-refractivity contribution in [1.82, 2.24) is 0 Å². The number of benzene rings is 3. The van der Waals surface area contributed by atoms with Gasteiger partial charge in [0.05, 0.1) is 0 Å². The van der Waals surface area contributed by atoms with Crippen molar-refractivity contribution in [2.75, 3.05) is 0 Å². The Morgan fingerprint density at radius 3 is 2.58 bits per heavy atom. The van der Waals surface area contributed by atoms with Crippen LogP contribution in [0.15, 0.2) is 81.9 Å². The molecule has 24 heavy (non-hydrogen) atoms. The Balaban J connectivity index is 1.71. The van der Waals surface area contributed by atoms with Gasteiger partial charge in [-0.3, -0.25) is 0 Å². The first-order valence-corrected chi connectivity index (χ1v) is 8.26. The Kier molecular flexibility index (Phi) is 3.75. The molecular formula is C20H12BrNO2. The Bertz CT molecular complexity index is 1020. The molecule has 0 radical (unpaired) electrons. The summed E-state index contributed by atoms with van der Waals surface area (Å²) < 4.78 is 6.20. The maximum absolute atomic E-state index is 12.1. The van der Waals surface area contributed by atoms with E-state index in [1.54, 1.807) is 6.08 Å². The molecule has 0 aromatic heterocycles. The molecule has 0 fully saturated rings. The average Bonchev–Trinajstić information content (AvgIpc) is 2.96. The smallest absolute Gasteiger partial charge is 0.363 e. The third kappa shape index (κ3) is 2.88. The summed E-state index contributed by atoms with van der Waals surface area (Å²) in [5, 5.41) is 2.28. The molecule has 116 valence electrons. The predicted molar refractivity (Wildman–Crippen MR) is 98.7 cm³/mol. The number of nitrogens with zero attached hydrogens (tertiary/aromatic N) is 1. The summed E-state index contributed by atoms with van der Waals surface area (Å²) in [7, 11) is 0. The summed E-state index contributed by atoms with van der Waals surface area (Å²) in [6, 6.07) is 21.6. The number of rotatable bonds is 2. The zero-order valence-electron chi connectivity index (χ0n) is 12.6. The molecule has 1 heterocycles. The minimum absolute atomic E-state index is 0.306. The van der Waals surface area contributed by atoms with Gasteiger partial charge in [-0.2, -0.15) is 0 Å². The first kappa shape index (κ1) is 14.8. The summed E-state index contributed by atoms with van der Waals surface area (Å²) in [6.45, 7) is 0. The van der Waals surface area contributed by atoms with Gasteiger partial charge >= 0.3 is 5.97 Å². The fourth-order valence-electron chi connectivity index (χ4n) is 2.61. The van der Waals surface area contributed by atoms with Crippen LogP contribution in [0.5, 0.6) is 0 Å². The lowest BCUT2D eigenvalue weighted by Crippen LogP contribution is -2.05. The molecule has 3 aromatic rings. The van der Waals surface area contributed by atoms with E-state index >= 15 is 0 Å². The first-order chi connectivity index (χ1) is 11.7. The van der Waals surface area contributed by atoms with Crippen LogP contribution in [0.3, 0.4) is 0 Å². The predicted octanol–water partition coefficient (Wildman–Crippen LogP) is 4.95. The van der Waals surface area contributed by atoms with Crippen molar-refractivity contribution in [3.05, 3.63) is 88.0 Å². The van der Waals surface area contributed by atoms with Gasteiger partial charge in [0.1, 0.15) is 0 Å². The number of cyclic esters (lactones) is 1. The van der Waals surface area contributed by atoms with Crippen molar-refractivity contribution in [2.45, 2.75) is 0 Å². The second-order valence-electron chi connectivity index (χ2n) is 5.45. The number of hydrogen-bond donors (Lipinski definition) is 0. The molecule has 0 N–H and O–H groups in total. The van der Waals surface area contributed by atoms with E-state index in [0.29, 0.717) is 11.6 Å². The van der Waals surface area contributed by atoms with Gasteiger partial charge in [0, 0.05) is 10.0 Å². The van der Waals surface area contributed by atoms with Gasteiger partial charge in [-0.1, -0.05) is 58.4 Å². The van der Waals surface area contributed by atoms with Crippen molar-refractivity contribution in [3.63, 3.8) is 0 Å². The third-order valence-electron chi connectivity index (χ3n) is 3.77. The van der Waals surface area contributed by atoms with Gasteiger partial charge in [0.25, 0.3) is 0 Å². The van der Waals surface area contributed by atoms with E-state index in [2.05, 4.69) is 27.0 Å². The molecule has 3 aromatic carbocycles. The largest absolute Gasteiger partial charge is 0.402 e. The Morgan fingerprint density at radius 1 is 0.917 bits per heavy atom. The lowest BCUT2D eigenvalue weighted by molar-refractivity contribution is -0.129. The van der Waals surface area contributed by atoms with Gasteiger partial charge in [0.15, 0.2) is 5.70 Å². The maximum Gasteiger partial charge on any atom is 0.363 e. The standard InChI is InChI=1S/C20H12BrNO2/c21-17-7-3-6-16(12-17)19-22-18(20(23)24-19)11-13-8-9-14-4-1-2-5-15(14)10-13/h1-12H/b18-11-.